The van der Waals surface area contributed by atoms with Gasteiger partial charge >= 0.3 is 0 Å². The zero-order valence-corrected chi connectivity index (χ0v) is 17.8. The number of carbonyl (C=O) groups excluding carboxylic acids is 1. The molecule has 1 aliphatic heterocycles. The summed E-state index contributed by atoms with van der Waals surface area (Å²) < 4.78 is 32.8. The van der Waals surface area contributed by atoms with Crippen LogP contribution in [0.4, 0.5) is 0 Å². The van der Waals surface area contributed by atoms with Gasteiger partial charge in [-0.1, -0.05) is 36.7 Å². The van der Waals surface area contributed by atoms with Crippen molar-refractivity contribution in [2.24, 2.45) is 0 Å². The fourth-order valence-electron chi connectivity index (χ4n) is 3.56. The Bertz CT molecular complexity index is 987. The third kappa shape index (κ3) is 3.71. The predicted octanol–water partition coefficient (Wildman–Crippen LogP) is 2.87. The van der Waals surface area contributed by atoms with Crippen LogP contribution in [0.2, 0.25) is 0 Å². The zero-order chi connectivity index (χ0) is 20.6. The Labute approximate surface area is 166 Å². The number of sulfonamides is 1. The average molecular weight is 406 g/mol. The van der Waals surface area contributed by atoms with Crippen LogP contribution in [0.15, 0.2) is 27.6 Å². The van der Waals surface area contributed by atoms with E-state index in [1.807, 2.05) is 39.8 Å². The molecule has 1 amide bonds. The summed E-state index contributed by atoms with van der Waals surface area (Å²) in [4.78, 5) is 15.0. The molecular formula is C20H27N3O4S. The lowest BCUT2D eigenvalue weighted by Crippen LogP contribution is -2.50. The smallest absolute Gasteiger partial charge is 0.259 e. The Hall–Kier alpha value is -2.19. The third-order valence-corrected chi connectivity index (χ3v) is 7.16. The van der Waals surface area contributed by atoms with E-state index >= 15 is 0 Å². The summed E-state index contributed by atoms with van der Waals surface area (Å²) in [5.41, 5.74) is 2.83. The summed E-state index contributed by atoms with van der Waals surface area (Å²) in [7, 11) is -3.58. The first kappa shape index (κ1) is 20.5. The van der Waals surface area contributed by atoms with Gasteiger partial charge in [0.15, 0.2) is 5.76 Å². The van der Waals surface area contributed by atoms with Gasteiger partial charge in [-0.2, -0.15) is 4.31 Å². The van der Waals surface area contributed by atoms with Crippen molar-refractivity contribution in [3.8, 4) is 0 Å². The van der Waals surface area contributed by atoms with Crippen molar-refractivity contribution in [3.63, 3.8) is 0 Å². The summed E-state index contributed by atoms with van der Waals surface area (Å²) in [5, 5.41) is 3.94. The molecule has 0 atom stereocenters. The molecule has 1 aromatic heterocycles. The molecule has 8 heteroatoms. The molecule has 0 bridgehead atoms. The number of carbonyl (C=O) groups is 1. The average Bonchev–Trinajstić information content (AvgIpc) is 3.02. The van der Waals surface area contributed by atoms with E-state index in [4.69, 9.17) is 4.52 Å². The number of aryl methyl sites for hydroxylation is 3. The van der Waals surface area contributed by atoms with Gasteiger partial charge in [-0.15, -0.1) is 0 Å². The Morgan fingerprint density at radius 2 is 1.75 bits per heavy atom. The van der Waals surface area contributed by atoms with E-state index < -0.39 is 10.0 Å². The predicted molar refractivity (Wildman–Crippen MR) is 106 cm³/mol. The molecule has 2 aromatic rings. The van der Waals surface area contributed by atoms with Gasteiger partial charge in [0.05, 0.1) is 10.6 Å². The molecule has 0 N–H and O–H groups in total. The van der Waals surface area contributed by atoms with Crippen LogP contribution in [0.3, 0.4) is 0 Å². The third-order valence-electron chi connectivity index (χ3n) is 5.10. The topological polar surface area (TPSA) is 83.7 Å². The van der Waals surface area contributed by atoms with Gasteiger partial charge in [0.2, 0.25) is 10.0 Å². The maximum absolute atomic E-state index is 13.0. The largest absolute Gasteiger partial charge is 0.360 e. The number of aromatic nitrogens is 1. The standard InChI is InChI=1S/C20H27N3O4S/c1-13(2)19-18(16(5)21-27-19)20(24)22-8-10-23(11-9-22)28(25,26)17-7-6-14(3)12-15(17)4/h6-7,12-13H,8-11H2,1-5H3. The Balaban J connectivity index is 1.76. The van der Waals surface area contributed by atoms with E-state index in [2.05, 4.69) is 5.16 Å². The van der Waals surface area contributed by atoms with Crippen molar-refractivity contribution >= 4 is 15.9 Å². The van der Waals surface area contributed by atoms with E-state index in [1.54, 1.807) is 17.9 Å². The molecule has 1 fully saturated rings. The minimum absolute atomic E-state index is 0.0475. The van der Waals surface area contributed by atoms with E-state index in [1.165, 1.54) is 4.31 Å². The highest BCUT2D eigenvalue weighted by atomic mass is 32.2. The first-order chi connectivity index (χ1) is 13.1. The van der Waals surface area contributed by atoms with Gasteiger partial charge in [0.1, 0.15) is 5.56 Å². The summed E-state index contributed by atoms with van der Waals surface area (Å²) in [6.07, 6.45) is 0. The SMILES string of the molecule is Cc1ccc(S(=O)(=O)N2CCN(C(=O)c3c(C)noc3C(C)C)CC2)c(C)c1. The highest BCUT2D eigenvalue weighted by Gasteiger charge is 2.33. The van der Waals surface area contributed by atoms with Gasteiger partial charge in [-0.3, -0.25) is 4.79 Å². The second kappa shape index (κ2) is 7.67. The lowest BCUT2D eigenvalue weighted by molar-refractivity contribution is 0.0694. The lowest BCUT2D eigenvalue weighted by atomic mass is 10.0. The molecule has 2 heterocycles. The Morgan fingerprint density at radius 3 is 2.32 bits per heavy atom. The molecule has 0 aliphatic carbocycles. The van der Waals surface area contributed by atoms with Crippen molar-refractivity contribution < 1.29 is 17.7 Å². The minimum Gasteiger partial charge on any atom is -0.360 e. The van der Waals surface area contributed by atoms with Gasteiger partial charge in [-0.05, 0) is 32.4 Å². The second-order valence-corrected chi connectivity index (χ2v) is 9.53. The maximum atomic E-state index is 13.0. The summed E-state index contributed by atoms with van der Waals surface area (Å²) in [6, 6.07) is 5.34. The van der Waals surface area contributed by atoms with Crippen LogP contribution < -0.4 is 0 Å². The second-order valence-electron chi connectivity index (χ2n) is 7.63. The van der Waals surface area contributed by atoms with Gasteiger partial charge in [-0.25, -0.2) is 8.42 Å². The lowest BCUT2D eigenvalue weighted by Gasteiger charge is -2.34. The van der Waals surface area contributed by atoms with Crippen LogP contribution in [0.5, 0.6) is 0 Å². The number of nitrogens with zero attached hydrogens (tertiary/aromatic N) is 3. The number of hydrogen-bond acceptors (Lipinski definition) is 5. The van der Waals surface area contributed by atoms with Crippen LogP contribution in [-0.2, 0) is 10.0 Å². The number of amides is 1. The fourth-order valence-corrected chi connectivity index (χ4v) is 5.19. The van der Waals surface area contributed by atoms with Crippen LogP contribution in [-0.4, -0.2) is 54.9 Å². The molecule has 0 spiro atoms. The normalized spacial score (nSPS) is 16.0. The van der Waals surface area contributed by atoms with E-state index in [0.717, 1.165) is 11.1 Å². The Kier molecular flexibility index (Phi) is 5.63. The molecule has 0 radical (unpaired) electrons. The highest BCUT2D eigenvalue weighted by molar-refractivity contribution is 7.89. The van der Waals surface area contributed by atoms with E-state index in [-0.39, 0.29) is 24.9 Å². The van der Waals surface area contributed by atoms with Crippen LogP contribution in [0, 0.1) is 20.8 Å². The van der Waals surface area contributed by atoms with Crippen molar-refractivity contribution in [1.29, 1.82) is 0 Å². The molecule has 1 aromatic carbocycles. The molecule has 0 unspecified atom stereocenters. The first-order valence-electron chi connectivity index (χ1n) is 9.45. The number of piperazine rings is 1. The summed E-state index contributed by atoms with van der Waals surface area (Å²) in [6.45, 7) is 10.6. The molecule has 1 aliphatic rings. The molecule has 0 saturated carbocycles. The molecular weight excluding hydrogens is 378 g/mol. The van der Waals surface area contributed by atoms with Crippen molar-refractivity contribution in [2.75, 3.05) is 26.2 Å². The minimum atomic E-state index is -3.58. The first-order valence-corrected chi connectivity index (χ1v) is 10.9. The summed E-state index contributed by atoms with van der Waals surface area (Å²) >= 11 is 0. The molecule has 1 saturated heterocycles. The maximum Gasteiger partial charge on any atom is 0.259 e. The highest BCUT2D eigenvalue weighted by Crippen LogP contribution is 2.26. The van der Waals surface area contributed by atoms with Gasteiger partial charge in [0, 0.05) is 32.1 Å². The quantitative estimate of drug-likeness (QED) is 0.781. The number of hydrogen-bond donors (Lipinski definition) is 0. The van der Waals surface area contributed by atoms with Crippen molar-refractivity contribution in [1.82, 2.24) is 14.4 Å². The zero-order valence-electron chi connectivity index (χ0n) is 17.0. The number of benzene rings is 1. The van der Waals surface area contributed by atoms with E-state index in [0.29, 0.717) is 35.0 Å². The van der Waals surface area contributed by atoms with Gasteiger partial charge < -0.3 is 9.42 Å². The van der Waals surface area contributed by atoms with Crippen LogP contribution in [0.1, 0.15) is 52.7 Å². The Morgan fingerprint density at radius 1 is 1.11 bits per heavy atom. The molecule has 7 nitrogen and oxygen atoms in total. The van der Waals surface area contributed by atoms with Crippen LogP contribution in [0.25, 0.3) is 0 Å². The number of rotatable bonds is 4. The molecule has 28 heavy (non-hydrogen) atoms. The van der Waals surface area contributed by atoms with Crippen LogP contribution >= 0.6 is 0 Å². The fraction of sp³-hybridized carbons (Fsp3) is 0.500. The van der Waals surface area contributed by atoms with Crippen molar-refractivity contribution in [2.45, 2.75) is 45.4 Å². The molecule has 152 valence electrons. The molecule has 3 rings (SSSR count). The summed E-state index contributed by atoms with van der Waals surface area (Å²) in [5.74, 6) is 0.477. The van der Waals surface area contributed by atoms with Gasteiger partial charge in [0.25, 0.3) is 5.91 Å². The van der Waals surface area contributed by atoms with Crippen molar-refractivity contribution in [3.05, 3.63) is 46.3 Å². The monoisotopic (exact) mass is 405 g/mol. The van der Waals surface area contributed by atoms with E-state index in [9.17, 15) is 13.2 Å².